The van der Waals surface area contributed by atoms with Crippen LogP contribution in [-0.4, -0.2) is 15.5 Å². The van der Waals surface area contributed by atoms with Crippen molar-refractivity contribution in [2.45, 2.75) is 13.5 Å². The van der Waals surface area contributed by atoms with Crippen LogP contribution in [0.5, 0.6) is 0 Å². The minimum Gasteiger partial charge on any atom is -0.335 e. The van der Waals surface area contributed by atoms with Crippen molar-refractivity contribution in [2.24, 2.45) is 0 Å². The molecule has 4 nitrogen and oxygen atoms in total. The third-order valence-corrected chi connectivity index (χ3v) is 3.28. The molecule has 0 aliphatic carbocycles. The van der Waals surface area contributed by atoms with Crippen LogP contribution in [0.4, 0.5) is 5.69 Å². The second kappa shape index (κ2) is 5.17. The Balaban J connectivity index is 1.83. The van der Waals surface area contributed by atoms with Crippen LogP contribution in [0.15, 0.2) is 54.9 Å². The van der Waals surface area contributed by atoms with E-state index in [2.05, 4.69) is 22.4 Å². The fourth-order valence-corrected chi connectivity index (χ4v) is 2.34. The van der Waals surface area contributed by atoms with Gasteiger partial charge in [0, 0.05) is 29.3 Å². The number of nitrogens with zero attached hydrogens (tertiary/aromatic N) is 2. The third kappa shape index (κ3) is 2.40. The van der Waals surface area contributed by atoms with Gasteiger partial charge in [-0.2, -0.15) is 0 Å². The fourth-order valence-electron chi connectivity index (χ4n) is 2.34. The van der Waals surface area contributed by atoms with Gasteiger partial charge in [-0.15, -0.1) is 0 Å². The summed E-state index contributed by atoms with van der Waals surface area (Å²) in [5.41, 5.74) is 2.92. The molecule has 0 aliphatic heterocycles. The molecule has 0 radical (unpaired) electrons. The molecule has 3 aromatic rings. The van der Waals surface area contributed by atoms with Crippen molar-refractivity contribution in [3.05, 3.63) is 60.6 Å². The maximum Gasteiger partial charge on any atom is 0.244 e. The number of fused-ring (bicyclic) bond motifs is 1. The Morgan fingerprint density at radius 1 is 1.20 bits per heavy atom. The summed E-state index contributed by atoms with van der Waals surface area (Å²) in [4.78, 5) is 16.1. The number of hydrogen-bond donors (Lipinski definition) is 1. The van der Waals surface area contributed by atoms with E-state index in [-0.39, 0.29) is 5.91 Å². The number of pyridine rings is 1. The van der Waals surface area contributed by atoms with E-state index in [0.29, 0.717) is 6.54 Å². The maximum atomic E-state index is 12.1. The van der Waals surface area contributed by atoms with Gasteiger partial charge < -0.3 is 9.88 Å². The van der Waals surface area contributed by atoms with Crippen molar-refractivity contribution in [1.82, 2.24) is 9.55 Å². The van der Waals surface area contributed by atoms with Gasteiger partial charge in [0.25, 0.3) is 0 Å². The first kappa shape index (κ1) is 12.4. The highest BCUT2D eigenvalue weighted by molar-refractivity contribution is 5.92. The zero-order chi connectivity index (χ0) is 13.9. The molecular formula is C16H15N3O. The average Bonchev–Trinajstić information content (AvgIpc) is 2.76. The minimum atomic E-state index is -0.0411. The van der Waals surface area contributed by atoms with Gasteiger partial charge in [-0.3, -0.25) is 9.78 Å². The van der Waals surface area contributed by atoms with Crippen molar-refractivity contribution in [3.63, 3.8) is 0 Å². The molecule has 0 spiro atoms. The zero-order valence-electron chi connectivity index (χ0n) is 11.2. The van der Waals surface area contributed by atoms with Crippen molar-refractivity contribution in [3.8, 4) is 0 Å². The Bertz CT molecular complexity index is 747. The Morgan fingerprint density at radius 2 is 1.95 bits per heavy atom. The number of aryl methyl sites for hydroxylation is 1. The van der Waals surface area contributed by atoms with E-state index in [1.165, 1.54) is 0 Å². The number of anilines is 1. The topological polar surface area (TPSA) is 46.9 Å². The average molecular weight is 265 g/mol. The summed E-state index contributed by atoms with van der Waals surface area (Å²) in [7, 11) is 0. The van der Waals surface area contributed by atoms with Crippen LogP contribution in [0.1, 0.15) is 5.69 Å². The Hall–Kier alpha value is -2.62. The van der Waals surface area contributed by atoms with Crippen LogP contribution in [0.3, 0.4) is 0 Å². The number of aromatic nitrogens is 2. The standard InChI is InChI=1S/C16H15N3O/c1-12-10-13-4-2-3-5-15(13)19(12)11-16(20)18-14-6-8-17-9-7-14/h2-10H,11H2,1H3,(H,17,18,20). The van der Waals surface area contributed by atoms with Gasteiger partial charge in [0.2, 0.25) is 5.91 Å². The first-order valence-electron chi connectivity index (χ1n) is 6.49. The van der Waals surface area contributed by atoms with Crippen LogP contribution >= 0.6 is 0 Å². The lowest BCUT2D eigenvalue weighted by Crippen LogP contribution is -2.19. The normalized spacial score (nSPS) is 10.7. The fraction of sp³-hybridized carbons (Fsp3) is 0.125. The highest BCUT2D eigenvalue weighted by Crippen LogP contribution is 2.19. The molecular weight excluding hydrogens is 250 g/mol. The molecule has 1 N–H and O–H groups in total. The molecule has 20 heavy (non-hydrogen) atoms. The lowest BCUT2D eigenvalue weighted by atomic mass is 10.2. The Kier molecular flexibility index (Phi) is 3.21. The summed E-state index contributed by atoms with van der Waals surface area (Å²) in [6.07, 6.45) is 3.32. The Labute approximate surface area is 117 Å². The van der Waals surface area contributed by atoms with Gasteiger partial charge in [0.15, 0.2) is 0 Å². The molecule has 4 heteroatoms. The number of carbonyl (C=O) groups excluding carboxylic acids is 1. The van der Waals surface area contributed by atoms with Gasteiger partial charge in [-0.05, 0) is 36.6 Å². The van der Waals surface area contributed by atoms with Gasteiger partial charge >= 0.3 is 0 Å². The van der Waals surface area contributed by atoms with E-state index in [1.807, 2.05) is 29.7 Å². The molecule has 0 atom stereocenters. The van der Waals surface area contributed by atoms with Gasteiger partial charge in [-0.25, -0.2) is 0 Å². The number of hydrogen-bond acceptors (Lipinski definition) is 2. The number of para-hydroxylation sites is 1. The summed E-state index contributed by atoms with van der Waals surface area (Å²) in [5, 5.41) is 4.03. The summed E-state index contributed by atoms with van der Waals surface area (Å²) in [5.74, 6) is -0.0411. The first-order valence-corrected chi connectivity index (χ1v) is 6.49. The van der Waals surface area contributed by atoms with Crippen molar-refractivity contribution >= 4 is 22.5 Å². The molecule has 3 rings (SSSR count). The van der Waals surface area contributed by atoms with E-state index >= 15 is 0 Å². The predicted octanol–water partition coefficient (Wildman–Crippen LogP) is 2.98. The van der Waals surface area contributed by atoms with Crippen molar-refractivity contribution in [2.75, 3.05) is 5.32 Å². The number of amides is 1. The SMILES string of the molecule is Cc1cc2ccccc2n1CC(=O)Nc1ccncc1. The van der Waals surface area contributed by atoms with Gasteiger partial charge in [-0.1, -0.05) is 18.2 Å². The monoisotopic (exact) mass is 265 g/mol. The lowest BCUT2D eigenvalue weighted by molar-refractivity contribution is -0.116. The second-order valence-corrected chi connectivity index (χ2v) is 4.71. The van der Waals surface area contributed by atoms with E-state index in [1.54, 1.807) is 24.5 Å². The van der Waals surface area contributed by atoms with Crippen LogP contribution in [0.2, 0.25) is 0 Å². The van der Waals surface area contributed by atoms with Gasteiger partial charge in [0.1, 0.15) is 6.54 Å². The van der Waals surface area contributed by atoms with Crippen LogP contribution in [0.25, 0.3) is 10.9 Å². The third-order valence-electron chi connectivity index (χ3n) is 3.28. The number of rotatable bonds is 3. The Morgan fingerprint density at radius 3 is 2.75 bits per heavy atom. The molecule has 1 amide bonds. The highest BCUT2D eigenvalue weighted by Gasteiger charge is 2.09. The molecule has 0 fully saturated rings. The number of carbonyl (C=O) groups is 1. The maximum absolute atomic E-state index is 12.1. The molecule has 100 valence electrons. The van der Waals surface area contributed by atoms with Crippen molar-refractivity contribution in [1.29, 1.82) is 0 Å². The molecule has 0 aliphatic rings. The van der Waals surface area contributed by atoms with Gasteiger partial charge in [0.05, 0.1) is 0 Å². The zero-order valence-corrected chi connectivity index (χ0v) is 11.2. The van der Waals surface area contributed by atoms with Crippen LogP contribution < -0.4 is 5.32 Å². The van der Waals surface area contributed by atoms with E-state index in [4.69, 9.17) is 0 Å². The lowest BCUT2D eigenvalue weighted by Gasteiger charge is -2.09. The van der Waals surface area contributed by atoms with E-state index in [9.17, 15) is 4.79 Å². The molecule has 0 saturated carbocycles. The molecule has 2 heterocycles. The largest absolute Gasteiger partial charge is 0.335 e. The van der Waals surface area contributed by atoms with E-state index < -0.39 is 0 Å². The number of nitrogens with one attached hydrogen (secondary N) is 1. The molecule has 0 unspecified atom stereocenters. The highest BCUT2D eigenvalue weighted by atomic mass is 16.1. The first-order chi connectivity index (χ1) is 9.74. The van der Waals surface area contributed by atoms with Crippen molar-refractivity contribution < 1.29 is 4.79 Å². The second-order valence-electron chi connectivity index (χ2n) is 4.71. The molecule has 1 aromatic carbocycles. The minimum absolute atomic E-state index is 0.0411. The van der Waals surface area contributed by atoms with Crippen LogP contribution in [0, 0.1) is 6.92 Å². The summed E-state index contributed by atoms with van der Waals surface area (Å²) >= 11 is 0. The molecule has 2 aromatic heterocycles. The van der Waals surface area contributed by atoms with Crippen LogP contribution in [-0.2, 0) is 11.3 Å². The van der Waals surface area contributed by atoms with E-state index in [0.717, 1.165) is 22.3 Å². The smallest absolute Gasteiger partial charge is 0.244 e. The molecule has 0 bridgehead atoms. The summed E-state index contributed by atoms with van der Waals surface area (Å²) in [6.45, 7) is 2.32. The quantitative estimate of drug-likeness (QED) is 0.791. The summed E-state index contributed by atoms with van der Waals surface area (Å²) < 4.78 is 2.02. The predicted molar refractivity (Wildman–Crippen MR) is 79.5 cm³/mol. The number of benzene rings is 1. The summed E-state index contributed by atoms with van der Waals surface area (Å²) in [6, 6.07) is 13.7. The molecule has 0 saturated heterocycles.